The van der Waals surface area contributed by atoms with Gasteiger partial charge in [0, 0.05) is 28.1 Å². The number of fused-ring (bicyclic) bond motifs is 1. The summed E-state index contributed by atoms with van der Waals surface area (Å²) in [5.74, 6) is -0.389. The summed E-state index contributed by atoms with van der Waals surface area (Å²) in [5, 5.41) is 16.3. The minimum absolute atomic E-state index is 0.0490. The Kier molecular flexibility index (Phi) is 7.02. The summed E-state index contributed by atoms with van der Waals surface area (Å²) in [6.45, 7) is 0.184. The molecule has 0 aliphatic heterocycles. The molecule has 0 aliphatic rings. The Labute approximate surface area is 207 Å². The van der Waals surface area contributed by atoms with Gasteiger partial charge in [-0.25, -0.2) is 5.43 Å². The van der Waals surface area contributed by atoms with E-state index in [-0.39, 0.29) is 28.1 Å². The number of furan rings is 1. The van der Waals surface area contributed by atoms with Crippen LogP contribution in [-0.4, -0.2) is 17.0 Å². The molecule has 0 saturated heterocycles. The lowest BCUT2D eigenvalue weighted by molar-refractivity contribution is -0.384. The van der Waals surface area contributed by atoms with Crippen LogP contribution in [0.3, 0.4) is 0 Å². The number of halogens is 3. The van der Waals surface area contributed by atoms with Gasteiger partial charge in [-0.1, -0.05) is 53.0 Å². The number of hydrogen-bond donors (Lipinski definition) is 1. The molecule has 1 aromatic heterocycles. The van der Waals surface area contributed by atoms with Crippen LogP contribution in [0.5, 0.6) is 5.75 Å². The highest BCUT2D eigenvalue weighted by atomic mass is 35.5. The van der Waals surface area contributed by atoms with E-state index >= 15 is 0 Å². The Morgan fingerprint density at radius 2 is 1.79 bits per heavy atom. The van der Waals surface area contributed by atoms with E-state index in [1.807, 2.05) is 18.2 Å². The van der Waals surface area contributed by atoms with E-state index in [0.29, 0.717) is 27.3 Å². The predicted octanol–water partition coefficient (Wildman–Crippen LogP) is 6.64. The number of carbonyl (C=O) groups is 1. The fourth-order valence-corrected chi connectivity index (χ4v) is 3.84. The maximum Gasteiger partial charge on any atom is 0.307 e. The van der Waals surface area contributed by atoms with Crippen LogP contribution in [0.25, 0.3) is 11.0 Å². The van der Waals surface area contributed by atoms with Gasteiger partial charge in [0.25, 0.3) is 5.69 Å². The third-order valence-electron chi connectivity index (χ3n) is 4.66. The number of nitro benzene ring substituents is 1. The summed E-state index contributed by atoms with van der Waals surface area (Å²) in [4.78, 5) is 22.7. The van der Waals surface area contributed by atoms with Gasteiger partial charge in [-0.3, -0.25) is 14.9 Å². The van der Waals surface area contributed by atoms with Gasteiger partial charge in [-0.05, 0) is 35.9 Å². The average Bonchev–Trinajstić information content (AvgIpc) is 3.23. The third-order valence-corrected chi connectivity index (χ3v) is 5.59. The largest absolute Gasteiger partial charge is 0.486 e. The smallest absolute Gasteiger partial charge is 0.307 e. The Balaban J connectivity index is 1.42. The molecule has 4 aromatic rings. The lowest BCUT2D eigenvalue weighted by Gasteiger charge is -2.11. The molecule has 1 heterocycles. The normalized spacial score (nSPS) is 11.1. The van der Waals surface area contributed by atoms with Crippen molar-refractivity contribution in [3.8, 4) is 5.75 Å². The number of nitrogens with one attached hydrogen (secondary N) is 1. The van der Waals surface area contributed by atoms with Crippen molar-refractivity contribution in [1.82, 2.24) is 5.43 Å². The van der Waals surface area contributed by atoms with Crippen LogP contribution in [0.2, 0.25) is 15.1 Å². The first-order valence-corrected chi connectivity index (χ1v) is 10.8. The fourth-order valence-electron chi connectivity index (χ4n) is 3.03. The average molecular weight is 519 g/mol. The van der Waals surface area contributed by atoms with Crippen LogP contribution in [0.1, 0.15) is 21.7 Å². The second-order valence-corrected chi connectivity index (χ2v) is 8.20. The summed E-state index contributed by atoms with van der Waals surface area (Å²) >= 11 is 18.7. The zero-order valence-corrected chi connectivity index (χ0v) is 19.4. The topological polar surface area (TPSA) is 107 Å². The molecular weight excluding hydrogens is 505 g/mol. The zero-order chi connectivity index (χ0) is 24.2. The summed E-state index contributed by atoms with van der Waals surface area (Å²) in [6, 6.07) is 15.8. The fraction of sp³-hybridized carbons (Fsp3) is 0.0435. The molecule has 1 N–H and O–H groups in total. The van der Waals surface area contributed by atoms with Crippen molar-refractivity contribution in [2.45, 2.75) is 6.61 Å². The molecule has 0 radical (unpaired) electrons. The molecule has 0 atom stereocenters. The lowest BCUT2D eigenvalue weighted by Crippen LogP contribution is -2.16. The molecule has 3 aromatic carbocycles. The van der Waals surface area contributed by atoms with E-state index in [4.69, 9.17) is 44.0 Å². The minimum Gasteiger partial charge on any atom is -0.486 e. The van der Waals surface area contributed by atoms with Gasteiger partial charge >= 0.3 is 5.91 Å². The molecule has 8 nitrogen and oxygen atoms in total. The van der Waals surface area contributed by atoms with Gasteiger partial charge in [0.1, 0.15) is 12.2 Å². The Hall–Kier alpha value is -3.59. The van der Waals surface area contributed by atoms with Crippen molar-refractivity contribution in [1.29, 1.82) is 0 Å². The summed E-state index contributed by atoms with van der Waals surface area (Å²) < 4.78 is 11.1. The molecule has 0 bridgehead atoms. The van der Waals surface area contributed by atoms with Crippen molar-refractivity contribution >= 4 is 63.6 Å². The minimum atomic E-state index is -0.632. The number of hydrazone groups is 1. The predicted molar refractivity (Wildman–Crippen MR) is 130 cm³/mol. The number of rotatable bonds is 7. The molecule has 0 fully saturated rings. The van der Waals surface area contributed by atoms with E-state index in [0.717, 1.165) is 5.56 Å². The Bertz CT molecular complexity index is 1410. The van der Waals surface area contributed by atoms with Crippen LogP contribution in [0, 0.1) is 10.1 Å². The molecule has 172 valence electrons. The van der Waals surface area contributed by atoms with E-state index in [2.05, 4.69) is 10.5 Å². The van der Waals surface area contributed by atoms with Crippen molar-refractivity contribution in [2.24, 2.45) is 5.10 Å². The van der Waals surface area contributed by atoms with Crippen LogP contribution in [0.15, 0.2) is 70.2 Å². The number of carbonyl (C=O) groups excluding carboxylic acids is 1. The summed E-state index contributed by atoms with van der Waals surface area (Å²) in [5.41, 5.74) is 3.85. The first-order chi connectivity index (χ1) is 16.3. The zero-order valence-electron chi connectivity index (χ0n) is 17.1. The maximum atomic E-state index is 12.3. The van der Waals surface area contributed by atoms with Crippen molar-refractivity contribution in [2.75, 3.05) is 0 Å². The van der Waals surface area contributed by atoms with E-state index in [1.54, 1.807) is 18.2 Å². The van der Waals surface area contributed by atoms with Gasteiger partial charge in [0.2, 0.25) is 0 Å². The van der Waals surface area contributed by atoms with E-state index < -0.39 is 10.8 Å². The van der Waals surface area contributed by atoms with Crippen LogP contribution >= 0.6 is 34.8 Å². The van der Waals surface area contributed by atoms with Crippen LogP contribution < -0.4 is 10.2 Å². The molecule has 11 heteroatoms. The number of non-ortho nitro benzene ring substituents is 1. The molecule has 0 spiro atoms. The summed E-state index contributed by atoms with van der Waals surface area (Å²) in [6.07, 6.45) is 1.35. The van der Waals surface area contributed by atoms with E-state index in [9.17, 15) is 14.9 Å². The van der Waals surface area contributed by atoms with E-state index in [1.165, 1.54) is 30.5 Å². The number of nitro groups is 1. The quantitative estimate of drug-likeness (QED) is 0.168. The number of benzene rings is 3. The van der Waals surface area contributed by atoms with Gasteiger partial charge in [-0.2, -0.15) is 5.10 Å². The van der Waals surface area contributed by atoms with Crippen molar-refractivity contribution in [3.05, 3.63) is 103 Å². The van der Waals surface area contributed by atoms with Gasteiger partial charge in [0.15, 0.2) is 11.5 Å². The molecule has 0 saturated carbocycles. The molecule has 1 amide bonds. The molecular formula is C23H14Cl3N3O5. The van der Waals surface area contributed by atoms with Gasteiger partial charge < -0.3 is 9.15 Å². The Morgan fingerprint density at radius 3 is 2.50 bits per heavy atom. The highest BCUT2D eigenvalue weighted by Gasteiger charge is 2.15. The van der Waals surface area contributed by atoms with Crippen LogP contribution in [-0.2, 0) is 6.61 Å². The molecule has 0 unspecified atom stereocenters. The second-order valence-electron chi connectivity index (χ2n) is 6.98. The first kappa shape index (κ1) is 23.6. The lowest BCUT2D eigenvalue weighted by atomic mass is 10.2. The molecule has 34 heavy (non-hydrogen) atoms. The number of nitrogens with zero attached hydrogens (tertiary/aromatic N) is 2. The monoisotopic (exact) mass is 517 g/mol. The highest BCUT2D eigenvalue weighted by Crippen LogP contribution is 2.35. The summed E-state index contributed by atoms with van der Waals surface area (Å²) in [7, 11) is 0. The number of amides is 1. The maximum absolute atomic E-state index is 12.3. The Morgan fingerprint density at radius 1 is 1.06 bits per heavy atom. The van der Waals surface area contributed by atoms with Gasteiger partial charge in [-0.15, -0.1) is 0 Å². The van der Waals surface area contributed by atoms with Crippen molar-refractivity contribution < 1.29 is 18.9 Å². The molecule has 4 rings (SSSR count). The van der Waals surface area contributed by atoms with Crippen LogP contribution in [0.4, 0.5) is 5.69 Å². The SMILES string of the molecule is O=C(N/N=C/c1cc(Cl)c(OCc2ccccc2Cl)c(Cl)c1)c1cc2cc([N+](=O)[O-])ccc2o1. The highest BCUT2D eigenvalue weighted by molar-refractivity contribution is 6.37. The molecule has 0 aliphatic carbocycles. The number of hydrogen-bond acceptors (Lipinski definition) is 6. The second kappa shape index (κ2) is 10.1. The first-order valence-electron chi connectivity index (χ1n) is 9.68. The van der Waals surface area contributed by atoms with Crippen molar-refractivity contribution in [3.63, 3.8) is 0 Å². The van der Waals surface area contributed by atoms with Gasteiger partial charge in [0.05, 0.1) is 21.2 Å². The standard InChI is InChI=1S/C23H14Cl3N3O5/c24-17-4-2-1-3-14(17)12-33-22-18(25)7-13(8-19(22)26)11-27-28-23(30)21-10-15-9-16(29(31)32)5-6-20(15)34-21/h1-11H,12H2,(H,28,30)/b27-11+. The number of ether oxygens (including phenoxy) is 1. The third kappa shape index (κ3) is 5.31.